The van der Waals surface area contributed by atoms with Crippen LogP contribution in [0.3, 0.4) is 0 Å². The van der Waals surface area contributed by atoms with Gasteiger partial charge in [-0.05, 0) is 46.6 Å². The molecule has 246 valence electrons. The Labute approximate surface area is 280 Å². The predicted molar refractivity (Wildman–Crippen MR) is 181 cm³/mol. The lowest BCUT2D eigenvalue weighted by molar-refractivity contribution is -0.385. The highest BCUT2D eigenvalue weighted by Crippen LogP contribution is 2.23. The third-order valence-corrected chi connectivity index (χ3v) is 6.56. The van der Waals surface area contributed by atoms with Crippen LogP contribution in [0.4, 0.5) is 22.7 Å². The molecule has 0 amide bonds. The van der Waals surface area contributed by atoms with E-state index in [-0.39, 0.29) is 45.5 Å². The van der Waals surface area contributed by atoms with Gasteiger partial charge in [0.15, 0.2) is 0 Å². The maximum atomic E-state index is 11.3. The summed E-state index contributed by atoms with van der Waals surface area (Å²) in [5.41, 5.74) is 1.55. The molecule has 5 aromatic rings. The van der Waals surface area contributed by atoms with Gasteiger partial charge in [0, 0.05) is 49.1 Å². The summed E-state index contributed by atoms with van der Waals surface area (Å²) in [4.78, 5) is 67.8. The number of aromatic nitrogens is 6. The van der Waals surface area contributed by atoms with Gasteiger partial charge in [0.25, 0.3) is 22.7 Å². The Morgan fingerprint density at radius 1 is 0.360 bits per heavy atom. The summed E-state index contributed by atoms with van der Waals surface area (Å²) in [6.07, 6.45) is 22.2. The smallest absolute Gasteiger partial charge is 0.258 e. The SMILES string of the molecule is O=[N+]([O-])c1cncc(C=Cc2nc(C=Cc3cncc([N+](=O)[O-])c3)c(C=Cc3cncc([N+](=O)[O-])c3)nc2C=Cc2cncc([N+](=O)[O-])c2)c1. The van der Waals surface area contributed by atoms with Crippen molar-refractivity contribution in [3.63, 3.8) is 0 Å². The molecule has 5 rings (SSSR count). The van der Waals surface area contributed by atoms with Crippen molar-refractivity contribution < 1.29 is 19.7 Å². The quantitative estimate of drug-likeness (QED) is 0.103. The highest BCUT2D eigenvalue weighted by Gasteiger charge is 2.12. The number of nitro groups is 4. The van der Waals surface area contributed by atoms with Gasteiger partial charge < -0.3 is 0 Å². The van der Waals surface area contributed by atoms with Gasteiger partial charge in [-0.3, -0.25) is 60.4 Å². The standard InChI is InChI=1S/C32H20N10O8/c43-39(44)25-9-21(13-33-17-25)1-5-29-30(6-2-22-10-26(40(45)46)18-34-14-22)38-32(8-4-24-12-28(42(49)50)20-36-16-24)31(37-29)7-3-23-11-27(41(47)48)19-35-15-23/h1-20H. The van der Waals surface area contributed by atoms with Gasteiger partial charge in [-0.2, -0.15) is 0 Å². The number of pyridine rings is 4. The van der Waals surface area contributed by atoms with Crippen LogP contribution < -0.4 is 0 Å². The van der Waals surface area contributed by atoms with Crippen molar-refractivity contribution in [2.75, 3.05) is 0 Å². The molecule has 0 spiro atoms. The summed E-state index contributed by atoms with van der Waals surface area (Å²) < 4.78 is 0. The minimum absolute atomic E-state index is 0.234. The Hall–Kier alpha value is -7.76. The largest absolute Gasteiger partial charge is 0.288 e. The molecule has 0 aromatic carbocycles. The van der Waals surface area contributed by atoms with E-state index in [0.717, 1.165) is 24.8 Å². The summed E-state index contributed by atoms with van der Waals surface area (Å²) in [6.45, 7) is 0. The molecule has 18 nitrogen and oxygen atoms in total. The van der Waals surface area contributed by atoms with Crippen LogP contribution in [-0.4, -0.2) is 49.6 Å². The number of hydrogen-bond acceptors (Lipinski definition) is 14. The number of nitrogens with zero attached hydrogens (tertiary/aromatic N) is 10. The first-order valence-electron chi connectivity index (χ1n) is 14.1. The Kier molecular flexibility index (Phi) is 10.2. The van der Waals surface area contributed by atoms with Crippen molar-refractivity contribution in [2.24, 2.45) is 0 Å². The Bertz CT molecular complexity index is 1960. The van der Waals surface area contributed by atoms with E-state index in [0.29, 0.717) is 22.3 Å². The van der Waals surface area contributed by atoms with E-state index in [1.54, 1.807) is 0 Å². The molecule has 0 aliphatic rings. The number of rotatable bonds is 12. The number of hydrogen-bond donors (Lipinski definition) is 0. The van der Waals surface area contributed by atoms with E-state index in [2.05, 4.69) is 19.9 Å². The molecular weight excluding hydrogens is 652 g/mol. The first-order chi connectivity index (χ1) is 24.0. The molecule has 5 aromatic heterocycles. The van der Waals surface area contributed by atoms with Gasteiger partial charge >= 0.3 is 0 Å². The highest BCUT2D eigenvalue weighted by molar-refractivity contribution is 5.81. The molecule has 0 N–H and O–H groups in total. The molecule has 0 aliphatic heterocycles. The maximum Gasteiger partial charge on any atom is 0.288 e. The Morgan fingerprint density at radius 3 is 0.780 bits per heavy atom. The summed E-state index contributed by atoms with van der Waals surface area (Å²) in [7, 11) is 0. The molecule has 0 saturated carbocycles. The van der Waals surface area contributed by atoms with Crippen molar-refractivity contribution in [1.82, 2.24) is 29.9 Å². The lowest BCUT2D eigenvalue weighted by Crippen LogP contribution is -2.00. The normalized spacial score (nSPS) is 11.5. The van der Waals surface area contributed by atoms with Crippen molar-refractivity contribution in [3.8, 4) is 0 Å². The molecule has 0 fully saturated rings. The van der Waals surface area contributed by atoms with E-state index in [1.165, 1.54) is 97.7 Å². The highest BCUT2D eigenvalue weighted by atomic mass is 16.6. The van der Waals surface area contributed by atoms with E-state index in [4.69, 9.17) is 9.97 Å². The molecule has 0 bridgehead atoms. The second-order valence-electron chi connectivity index (χ2n) is 10.0. The van der Waals surface area contributed by atoms with Crippen LogP contribution in [0.2, 0.25) is 0 Å². The minimum Gasteiger partial charge on any atom is -0.258 e. The fourth-order valence-corrected chi connectivity index (χ4v) is 4.22. The molecular formula is C32H20N10O8. The van der Waals surface area contributed by atoms with Crippen molar-refractivity contribution in [3.05, 3.63) is 159 Å². The lowest BCUT2D eigenvalue weighted by Gasteiger charge is -2.07. The van der Waals surface area contributed by atoms with Crippen LogP contribution in [0, 0.1) is 40.5 Å². The Morgan fingerprint density at radius 2 is 0.580 bits per heavy atom. The van der Waals surface area contributed by atoms with Crippen LogP contribution in [0.15, 0.2) is 73.8 Å². The zero-order valence-corrected chi connectivity index (χ0v) is 25.3. The van der Waals surface area contributed by atoms with Crippen molar-refractivity contribution in [1.29, 1.82) is 0 Å². The summed E-state index contributed by atoms with van der Waals surface area (Å²) >= 11 is 0. The zero-order valence-electron chi connectivity index (χ0n) is 25.3. The van der Waals surface area contributed by atoms with E-state index in [9.17, 15) is 40.5 Å². The van der Waals surface area contributed by atoms with Gasteiger partial charge in [0.2, 0.25) is 0 Å². The molecule has 0 radical (unpaired) electrons. The van der Waals surface area contributed by atoms with Crippen LogP contribution in [-0.2, 0) is 0 Å². The van der Waals surface area contributed by atoms with Crippen molar-refractivity contribution >= 4 is 71.4 Å². The fourth-order valence-electron chi connectivity index (χ4n) is 4.22. The minimum atomic E-state index is -0.588. The molecule has 50 heavy (non-hydrogen) atoms. The van der Waals surface area contributed by atoms with Gasteiger partial charge in [-0.15, -0.1) is 0 Å². The van der Waals surface area contributed by atoms with E-state index >= 15 is 0 Å². The van der Waals surface area contributed by atoms with E-state index < -0.39 is 19.7 Å². The molecule has 0 atom stereocenters. The predicted octanol–water partition coefficient (Wildman–Crippen LogP) is 6.37. The van der Waals surface area contributed by atoms with Gasteiger partial charge in [0.05, 0.1) is 42.5 Å². The third kappa shape index (κ3) is 8.73. The van der Waals surface area contributed by atoms with Crippen LogP contribution in [0.5, 0.6) is 0 Å². The lowest BCUT2D eigenvalue weighted by atomic mass is 10.1. The van der Waals surface area contributed by atoms with Crippen LogP contribution in [0.1, 0.15) is 45.0 Å². The third-order valence-electron chi connectivity index (χ3n) is 6.56. The molecule has 5 heterocycles. The van der Waals surface area contributed by atoms with Gasteiger partial charge in [0.1, 0.15) is 24.8 Å². The summed E-state index contributed by atoms with van der Waals surface area (Å²) in [5.74, 6) is 0. The van der Waals surface area contributed by atoms with Gasteiger partial charge in [-0.1, -0.05) is 24.3 Å². The fraction of sp³-hybridized carbons (Fsp3) is 0. The monoisotopic (exact) mass is 672 g/mol. The first kappa shape index (κ1) is 33.6. The zero-order chi connectivity index (χ0) is 35.6. The Balaban J connectivity index is 1.66. The molecule has 0 saturated heterocycles. The second-order valence-corrected chi connectivity index (χ2v) is 10.0. The van der Waals surface area contributed by atoms with Gasteiger partial charge in [-0.25, -0.2) is 9.97 Å². The van der Waals surface area contributed by atoms with Crippen LogP contribution >= 0.6 is 0 Å². The molecule has 0 aliphatic carbocycles. The van der Waals surface area contributed by atoms with Crippen LogP contribution in [0.25, 0.3) is 48.6 Å². The van der Waals surface area contributed by atoms with Crippen molar-refractivity contribution in [2.45, 2.75) is 0 Å². The summed E-state index contributed by atoms with van der Waals surface area (Å²) in [6, 6.07) is 5.23. The second kappa shape index (κ2) is 15.2. The molecule has 18 heteroatoms. The molecule has 0 unspecified atom stereocenters. The average molecular weight is 673 g/mol. The topological polar surface area (TPSA) is 250 Å². The average Bonchev–Trinajstić information content (AvgIpc) is 3.12. The van der Waals surface area contributed by atoms with E-state index in [1.807, 2.05) is 0 Å². The first-order valence-corrected chi connectivity index (χ1v) is 14.1. The maximum absolute atomic E-state index is 11.3. The summed E-state index contributed by atoms with van der Waals surface area (Å²) in [5, 5.41) is 45.1.